The molecule has 2 aromatic carbocycles. The minimum absolute atomic E-state index is 0.0491. The van der Waals surface area contributed by atoms with Crippen LogP contribution in [-0.4, -0.2) is 26.7 Å². The Labute approximate surface area is 159 Å². The van der Waals surface area contributed by atoms with Crippen molar-refractivity contribution in [3.8, 4) is 0 Å². The normalized spacial score (nSPS) is 11.6. The molecule has 0 heterocycles. The summed E-state index contributed by atoms with van der Waals surface area (Å²) in [4.78, 5) is 13.6. The Balaban J connectivity index is 2.16. The average molecular weight is 394 g/mol. The maximum absolute atomic E-state index is 12.4. The Bertz CT molecular complexity index is 875. The maximum Gasteiger partial charge on any atom is 0.338 e. The lowest BCUT2D eigenvalue weighted by molar-refractivity contribution is 0.0471. The van der Waals surface area contributed by atoms with Crippen molar-refractivity contribution >= 4 is 27.8 Å². The molecule has 1 N–H and O–H groups in total. The van der Waals surface area contributed by atoms with Gasteiger partial charge in [-0.05, 0) is 62.4 Å². The molecule has 0 saturated carbocycles. The van der Waals surface area contributed by atoms with Gasteiger partial charge < -0.3 is 4.74 Å². The number of carbonyl (C=O) groups is 1. The fraction of sp³-hybridized carbons (Fsp3) is 0.316. The molecule has 140 valence electrons. The van der Waals surface area contributed by atoms with Crippen LogP contribution in [0.4, 0.5) is 0 Å². The second-order valence-corrected chi connectivity index (χ2v) is 8.77. The summed E-state index contributed by atoms with van der Waals surface area (Å²) >= 11 is 1.64. The van der Waals surface area contributed by atoms with Gasteiger partial charge in [-0.15, -0.1) is 11.8 Å². The summed E-state index contributed by atoms with van der Waals surface area (Å²) in [5.41, 5.74) is 1.78. The molecule has 0 aliphatic rings. The van der Waals surface area contributed by atoms with Crippen LogP contribution in [0.15, 0.2) is 52.3 Å². The highest BCUT2D eigenvalue weighted by atomic mass is 32.2. The fourth-order valence-corrected chi connectivity index (χ4v) is 4.00. The highest BCUT2D eigenvalue weighted by Crippen LogP contribution is 2.19. The summed E-state index contributed by atoms with van der Waals surface area (Å²) in [6.07, 6.45) is 1.99. The zero-order valence-electron chi connectivity index (χ0n) is 15.3. The first-order chi connectivity index (χ1) is 12.2. The number of esters is 1. The van der Waals surface area contributed by atoms with Gasteiger partial charge in [-0.1, -0.05) is 18.2 Å². The van der Waals surface area contributed by atoms with Crippen molar-refractivity contribution in [2.75, 3.05) is 6.26 Å². The predicted octanol–water partition coefficient (Wildman–Crippen LogP) is 3.76. The Kier molecular flexibility index (Phi) is 6.86. The van der Waals surface area contributed by atoms with Gasteiger partial charge in [-0.25, -0.2) is 17.9 Å². The minimum Gasteiger partial charge on any atom is -0.457 e. The first-order valence-electron chi connectivity index (χ1n) is 8.16. The smallest absolute Gasteiger partial charge is 0.338 e. The number of nitrogens with one attached hydrogen (secondary N) is 1. The van der Waals surface area contributed by atoms with E-state index in [4.69, 9.17) is 4.74 Å². The van der Waals surface area contributed by atoms with E-state index < -0.39 is 16.0 Å². The lowest BCUT2D eigenvalue weighted by atomic mass is 10.1. The van der Waals surface area contributed by atoms with E-state index >= 15 is 0 Å². The van der Waals surface area contributed by atoms with Crippen LogP contribution < -0.4 is 4.72 Å². The van der Waals surface area contributed by atoms with Crippen molar-refractivity contribution in [1.82, 2.24) is 4.72 Å². The maximum atomic E-state index is 12.4. The van der Waals surface area contributed by atoms with E-state index in [9.17, 15) is 13.2 Å². The monoisotopic (exact) mass is 393 g/mol. The zero-order valence-corrected chi connectivity index (χ0v) is 16.9. The molecule has 0 spiro atoms. The summed E-state index contributed by atoms with van der Waals surface area (Å²) in [7, 11) is -3.67. The molecule has 0 fully saturated rings. The standard InChI is InChI=1S/C19H23NO4S2/c1-13(2)20-26(22,23)17-10-5-14(3)18(11-17)19(21)24-12-15-6-8-16(25-4)9-7-15/h5-11,13,20H,12H2,1-4H3. The van der Waals surface area contributed by atoms with Crippen LogP contribution in [0.3, 0.4) is 0 Å². The largest absolute Gasteiger partial charge is 0.457 e. The lowest BCUT2D eigenvalue weighted by Crippen LogP contribution is -2.30. The first-order valence-corrected chi connectivity index (χ1v) is 10.9. The molecule has 5 nitrogen and oxygen atoms in total. The molecule has 0 atom stereocenters. The van der Waals surface area contributed by atoms with Crippen LogP contribution in [0.1, 0.15) is 35.3 Å². The van der Waals surface area contributed by atoms with Crippen molar-refractivity contribution in [2.24, 2.45) is 0 Å². The van der Waals surface area contributed by atoms with Crippen molar-refractivity contribution in [2.45, 2.75) is 43.2 Å². The lowest BCUT2D eigenvalue weighted by Gasteiger charge is -2.12. The van der Waals surface area contributed by atoms with Crippen molar-refractivity contribution < 1.29 is 17.9 Å². The van der Waals surface area contributed by atoms with E-state index in [1.54, 1.807) is 38.6 Å². The zero-order chi connectivity index (χ0) is 19.3. The van der Waals surface area contributed by atoms with Crippen molar-refractivity contribution in [3.05, 3.63) is 59.2 Å². The molecule has 2 aromatic rings. The quantitative estimate of drug-likeness (QED) is 0.573. The second kappa shape index (κ2) is 8.70. The van der Waals surface area contributed by atoms with Crippen LogP contribution in [0, 0.1) is 6.92 Å². The molecule has 0 aromatic heterocycles. The SMILES string of the molecule is CSc1ccc(COC(=O)c2cc(S(=O)(=O)NC(C)C)ccc2C)cc1. The minimum atomic E-state index is -3.67. The molecular formula is C19H23NO4S2. The van der Waals surface area contributed by atoms with Crippen LogP contribution in [0.2, 0.25) is 0 Å². The number of sulfonamides is 1. The van der Waals surface area contributed by atoms with Gasteiger partial charge in [-0.2, -0.15) is 0 Å². The third-order valence-corrected chi connectivity index (χ3v) is 6.06. The summed E-state index contributed by atoms with van der Waals surface area (Å²) in [5, 5.41) is 0. The number of hydrogen-bond acceptors (Lipinski definition) is 5. The Morgan fingerprint density at radius 1 is 1.15 bits per heavy atom. The number of rotatable bonds is 7. The summed E-state index contributed by atoms with van der Waals surface area (Å²) in [6, 6.07) is 11.9. The van der Waals surface area contributed by atoms with Crippen molar-refractivity contribution in [3.63, 3.8) is 0 Å². The number of ether oxygens (including phenoxy) is 1. The van der Waals surface area contributed by atoms with E-state index in [1.165, 1.54) is 12.1 Å². The van der Waals surface area contributed by atoms with Crippen LogP contribution in [0.25, 0.3) is 0 Å². The molecule has 7 heteroatoms. The molecule has 0 aliphatic heterocycles. The Morgan fingerprint density at radius 3 is 2.38 bits per heavy atom. The molecule has 0 radical (unpaired) electrons. The van der Waals surface area contributed by atoms with Crippen LogP contribution >= 0.6 is 11.8 Å². The van der Waals surface area contributed by atoms with E-state index in [1.807, 2.05) is 30.5 Å². The summed E-state index contributed by atoms with van der Waals surface area (Å²) in [5.74, 6) is -0.543. The van der Waals surface area contributed by atoms with Gasteiger partial charge in [0.2, 0.25) is 10.0 Å². The number of carbonyl (C=O) groups excluding carboxylic acids is 1. The predicted molar refractivity (Wildman–Crippen MR) is 104 cm³/mol. The van der Waals surface area contributed by atoms with Gasteiger partial charge in [0.15, 0.2) is 0 Å². The molecule has 26 heavy (non-hydrogen) atoms. The summed E-state index contributed by atoms with van der Waals surface area (Å²) in [6.45, 7) is 5.36. The van der Waals surface area contributed by atoms with E-state index in [-0.39, 0.29) is 23.1 Å². The summed E-state index contributed by atoms with van der Waals surface area (Å²) < 4.78 is 32.5. The number of thioether (sulfide) groups is 1. The number of hydrogen-bond donors (Lipinski definition) is 1. The Morgan fingerprint density at radius 2 is 1.81 bits per heavy atom. The van der Waals surface area contributed by atoms with Gasteiger partial charge in [0.1, 0.15) is 6.61 Å². The average Bonchev–Trinajstić information content (AvgIpc) is 2.59. The number of aryl methyl sites for hydroxylation is 1. The van der Waals surface area contributed by atoms with E-state index in [0.717, 1.165) is 10.5 Å². The van der Waals surface area contributed by atoms with E-state index in [2.05, 4.69) is 4.72 Å². The second-order valence-electron chi connectivity index (χ2n) is 6.18. The molecular weight excluding hydrogens is 370 g/mol. The van der Waals surface area contributed by atoms with Gasteiger partial charge in [0.25, 0.3) is 0 Å². The van der Waals surface area contributed by atoms with E-state index in [0.29, 0.717) is 5.56 Å². The highest BCUT2D eigenvalue weighted by molar-refractivity contribution is 7.98. The Hall–Kier alpha value is -1.83. The molecule has 0 amide bonds. The third-order valence-electron chi connectivity index (χ3n) is 3.66. The first kappa shape index (κ1) is 20.5. The molecule has 0 saturated heterocycles. The van der Waals surface area contributed by atoms with Gasteiger partial charge >= 0.3 is 5.97 Å². The van der Waals surface area contributed by atoms with Crippen LogP contribution in [0.5, 0.6) is 0 Å². The van der Waals surface area contributed by atoms with Crippen molar-refractivity contribution in [1.29, 1.82) is 0 Å². The van der Waals surface area contributed by atoms with Gasteiger partial charge in [0.05, 0.1) is 10.5 Å². The third kappa shape index (κ3) is 5.33. The number of benzene rings is 2. The molecule has 0 aliphatic carbocycles. The van der Waals surface area contributed by atoms with Gasteiger partial charge in [-0.3, -0.25) is 0 Å². The molecule has 0 bridgehead atoms. The highest BCUT2D eigenvalue weighted by Gasteiger charge is 2.19. The molecule has 2 rings (SSSR count). The topological polar surface area (TPSA) is 72.5 Å². The van der Waals surface area contributed by atoms with Gasteiger partial charge in [0, 0.05) is 10.9 Å². The fourth-order valence-electron chi connectivity index (χ4n) is 2.31. The molecule has 0 unspecified atom stereocenters. The van der Waals surface area contributed by atoms with Crippen LogP contribution in [-0.2, 0) is 21.4 Å².